The number of carbonyl (C=O) groups is 1. The Balaban J connectivity index is 1.49. The van der Waals surface area contributed by atoms with Gasteiger partial charge in [-0.3, -0.25) is 4.79 Å². The van der Waals surface area contributed by atoms with E-state index in [0.29, 0.717) is 5.92 Å². The van der Waals surface area contributed by atoms with Gasteiger partial charge in [-0.05, 0) is 91.7 Å². The van der Waals surface area contributed by atoms with Gasteiger partial charge in [0.05, 0.1) is 5.00 Å². The number of nitrogens with zero attached hydrogens (tertiary/aromatic N) is 1. The van der Waals surface area contributed by atoms with Crippen LogP contribution < -0.4 is 5.73 Å². The molecule has 2 aliphatic heterocycles. The molecule has 2 N–H and O–H groups in total. The number of nitrogen functional groups attached to an aromatic ring is 1. The Hall–Kier alpha value is -1.69. The monoisotopic (exact) mass is 410 g/mol. The van der Waals surface area contributed by atoms with Crippen molar-refractivity contribution in [1.82, 2.24) is 4.90 Å². The van der Waals surface area contributed by atoms with Crippen LogP contribution in [0.15, 0.2) is 35.0 Å². The molecule has 0 aliphatic carbocycles. The van der Waals surface area contributed by atoms with Crippen LogP contribution in [0.4, 0.5) is 5.00 Å². The lowest BCUT2D eigenvalue weighted by Gasteiger charge is -2.33. The van der Waals surface area contributed by atoms with Crippen molar-refractivity contribution >= 4 is 43.5 Å². The van der Waals surface area contributed by atoms with E-state index in [1.165, 1.54) is 67.3 Å². The molecule has 2 unspecified atom stereocenters. The summed E-state index contributed by atoms with van der Waals surface area (Å²) in [4.78, 5) is 15.6. The van der Waals surface area contributed by atoms with E-state index < -0.39 is 0 Å². The minimum absolute atomic E-state index is 0.108. The highest BCUT2D eigenvalue weighted by Gasteiger charge is 2.30. The van der Waals surface area contributed by atoms with Crippen molar-refractivity contribution in [1.29, 1.82) is 0 Å². The van der Waals surface area contributed by atoms with Gasteiger partial charge in [0.15, 0.2) is 5.78 Å². The first-order valence-electron chi connectivity index (χ1n) is 10.3. The van der Waals surface area contributed by atoms with Crippen LogP contribution in [0.25, 0.3) is 10.1 Å². The SMILES string of the molecule is Nc1sc2ccc(C(=O)c3ccsc3)cc2c1C1CCC2CCCCN2CC1. The van der Waals surface area contributed by atoms with Crippen molar-refractivity contribution in [3.05, 3.63) is 51.7 Å². The summed E-state index contributed by atoms with van der Waals surface area (Å²) in [7, 11) is 0. The van der Waals surface area contributed by atoms with Gasteiger partial charge in [-0.15, -0.1) is 11.3 Å². The molecule has 0 spiro atoms. The highest BCUT2D eigenvalue weighted by molar-refractivity contribution is 7.22. The molecule has 0 saturated carbocycles. The number of benzene rings is 1. The minimum Gasteiger partial charge on any atom is -0.390 e. The number of thiophene rings is 2. The first kappa shape index (κ1) is 18.3. The normalized spacial score (nSPS) is 23.4. The fourth-order valence-corrected chi connectivity index (χ4v) is 6.76. The molecule has 2 fully saturated rings. The lowest BCUT2D eigenvalue weighted by Crippen LogP contribution is -2.38. The zero-order valence-corrected chi connectivity index (χ0v) is 17.7. The van der Waals surface area contributed by atoms with Crippen molar-refractivity contribution in [2.45, 2.75) is 50.5 Å². The molecule has 2 atom stereocenters. The Labute approximate surface area is 174 Å². The average molecular weight is 411 g/mol. The van der Waals surface area contributed by atoms with Crippen molar-refractivity contribution in [3.63, 3.8) is 0 Å². The molecule has 3 nitrogen and oxygen atoms in total. The van der Waals surface area contributed by atoms with Gasteiger partial charge in [-0.2, -0.15) is 11.3 Å². The number of piperidine rings is 1. The van der Waals surface area contributed by atoms with Gasteiger partial charge >= 0.3 is 0 Å². The predicted octanol–water partition coefficient (Wildman–Crippen LogP) is 5.90. The summed E-state index contributed by atoms with van der Waals surface area (Å²) in [6.45, 7) is 2.44. The van der Waals surface area contributed by atoms with E-state index in [0.717, 1.165) is 22.2 Å². The third-order valence-corrected chi connectivity index (χ3v) is 8.27. The van der Waals surface area contributed by atoms with Gasteiger partial charge in [0.1, 0.15) is 0 Å². The van der Waals surface area contributed by atoms with E-state index in [2.05, 4.69) is 17.0 Å². The third kappa shape index (κ3) is 3.30. The van der Waals surface area contributed by atoms with E-state index in [4.69, 9.17) is 5.73 Å². The van der Waals surface area contributed by atoms with E-state index in [9.17, 15) is 4.79 Å². The number of hydrogen-bond donors (Lipinski definition) is 1. The molecule has 1 aromatic carbocycles. The lowest BCUT2D eigenvalue weighted by molar-refractivity contribution is 0.103. The van der Waals surface area contributed by atoms with Gasteiger partial charge in [-0.1, -0.05) is 6.42 Å². The molecule has 146 valence electrons. The molecule has 3 aromatic rings. The van der Waals surface area contributed by atoms with Gasteiger partial charge in [0.25, 0.3) is 0 Å². The number of nitrogens with two attached hydrogens (primary N) is 1. The highest BCUT2D eigenvalue weighted by Crippen LogP contribution is 2.44. The van der Waals surface area contributed by atoms with Crippen molar-refractivity contribution in [2.24, 2.45) is 0 Å². The van der Waals surface area contributed by atoms with Crippen LogP contribution in [0, 0.1) is 0 Å². The summed E-state index contributed by atoms with van der Waals surface area (Å²) in [5, 5.41) is 6.03. The van der Waals surface area contributed by atoms with Gasteiger partial charge < -0.3 is 10.6 Å². The van der Waals surface area contributed by atoms with Crippen LogP contribution in [0.5, 0.6) is 0 Å². The second-order valence-corrected chi connectivity index (χ2v) is 10.0. The molecule has 5 rings (SSSR count). The molecule has 28 heavy (non-hydrogen) atoms. The molecule has 0 radical (unpaired) electrons. The van der Waals surface area contributed by atoms with Crippen molar-refractivity contribution in [2.75, 3.05) is 18.8 Å². The van der Waals surface area contributed by atoms with Crippen molar-refractivity contribution in [3.8, 4) is 0 Å². The van der Waals surface area contributed by atoms with Crippen molar-refractivity contribution < 1.29 is 4.79 Å². The molecular formula is C23H26N2OS2. The smallest absolute Gasteiger partial charge is 0.193 e. The Morgan fingerprint density at radius 1 is 1.04 bits per heavy atom. The summed E-state index contributed by atoms with van der Waals surface area (Å²) in [5.74, 6) is 0.614. The molecule has 0 bridgehead atoms. The Morgan fingerprint density at radius 3 is 2.82 bits per heavy atom. The summed E-state index contributed by atoms with van der Waals surface area (Å²) in [6, 6.07) is 8.80. The molecule has 4 heterocycles. The molecule has 2 aromatic heterocycles. The van der Waals surface area contributed by atoms with E-state index in [1.807, 2.05) is 22.9 Å². The average Bonchev–Trinajstić information content (AvgIpc) is 3.30. The number of fused-ring (bicyclic) bond motifs is 2. The predicted molar refractivity (Wildman–Crippen MR) is 120 cm³/mol. The molecule has 5 heteroatoms. The maximum Gasteiger partial charge on any atom is 0.193 e. The molecule has 2 saturated heterocycles. The standard InChI is InChI=1S/C23H26N2OS2/c24-23-21(15-4-6-18-3-1-2-10-25(18)11-8-15)19-13-16(5-7-20(19)28-23)22(26)17-9-12-27-14-17/h5,7,9,12-15,18H,1-4,6,8,10-11,24H2. The van der Waals surface area contributed by atoms with Crippen LogP contribution in [0.2, 0.25) is 0 Å². The zero-order chi connectivity index (χ0) is 19.1. The Kier molecular flexibility index (Phi) is 4.99. The molecule has 0 amide bonds. The van der Waals surface area contributed by atoms with E-state index >= 15 is 0 Å². The largest absolute Gasteiger partial charge is 0.390 e. The lowest BCUT2D eigenvalue weighted by atomic mass is 9.89. The van der Waals surface area contributed by atoms with Gasteiger partial charge in [0.2, 0.25) is 0 Å². The number of hydrogen-bond acceptors (Lipinski definition) is 5. The van der Waals surface area contributed by atoms with Gasteiger partial charge in [0, 0.05) is 27.2 Å². The summed E-state index contributed by atoms with van der Waals surface area (Å²) >= 11 is 3.24. The quantitative estimate of drug-likeness (QED) is 0.547. The minimum atomic E-state index is 0.108. The molecule has 2 aliphatic rings. The Bertz CT molecular complexity index is 976. The number of rotatable bonds is 3. The maximum atomic E-state index is 12.8. The number of anilines is 1. The van der Waals surface area contributed by atoms with E-state index in [-0.39, 0.29) is 5.78 Å². The van der Waals surface area contributed by atoms with Gasteiger partial charge in [-0.25, -0.2) is 0 Å². The number of ketones is 1. The first-order chi connectivity index (χ1) is 13.7. The second-order valence-electron chi connectivity index (χ2n) is 8.18. The van der Waals surface area contributed by atoms with E-state index in [1.54, 1.807) is 22.7 Å². The van der Waals surface area contributed by atoms with Crippen LogP contribution in [0.1, 0.15) is 65.9 Å². The van der Waals surface area contributed by atoms with Crippen LogP contribution >= 0.6 is 22.7 Å². The summed E-state index contributed by atoms with van der Waals surface area (Å²) in [5.41, 5.74) is 9.38. The van der Waals surface area contributed by atoms with Crippen LogP contribution in [-0.2, 0) is 0 Å². The van der Waals surface area contributed by atoms with Crippen LogP contribution in [0.3, 0.4) is 0 Å². The summed E-state index contributed by atoms with van der Waals surface area (Å²) in [6.07, 6.45) is 7.73. The topological polar surface area (TPSA) is 46.3 Å². The first-order valence-corrected chi connectivity index (χ1v) is 12.1. The third-order valence-electron chi connectivity index (χ3n) is 6.57. The highest BCUT2D eigenvalue weighted by atomic mass is 32.1. The fraction of sp³-hybridized carbons (Fsp3) is 0.435. The maximum absolute atomic E-state index is 12.8. The number of carbonyl (C=O) groups excluding carboxylic acids is 1. The summed E-state index contributed by atoms with van der Waals surface area (Å²) < 4.78 is 1.20. The molecular weight excluding hydrogens is 384 g/mol. The fourth-order valence-electron chi connectivity index (χ4n) is 5.09. The zero-order valence-electron chi connectivity index (χ0n) is 16.0. The Morgan fingerprint density at radius 2 is 1.96 bits per heavy atom. The second kappa shape index (κ2) is 7.62. The van der Waals surface area contributed by atoms with Crippen LogP contribution in [-0.4, -0.2) is 29.8 Å².